The van der Waals surface area contributed by atoms with E-state index in [-0.39, 0.29) is 42.7 Å². The first-order valence-corrected chi connectivity index (χ1v) is 22.0. The lowest BCUT2D eigenvalue weighted by Crippen LogP contribution is -2.50. The topological polar surface area (TPSA) is 99.1 Å². The molecular formula is C46H84NO7+. The van der Waals surface area contributed by atoms with Crippen LogP contribution in [-0.2, 0) is 28.6 Å². The number of rotatable bonds is 39. The minimum Gasteiger partial charge on any atom is -0.477 e. The third-order valence-corrected chi connectivity index (χ3v) is 9.77. The van der Waals surface area contributed by atoms with Crippen molar-refractivity contribution in [3.63, 3.8) is 0 Å². The Morgan fingerprint density at radius 1 is 0.574 bits per heavy atom. The van der Waals surface area contributed by atoms with E-state index < -0.39 is 18.1 Å². The predicted molar refractivity (Wildman–Crippen MR) is 225 cm³/mol. The van der Waals surface area contributed by atoms with Crippen LogP contribution >= 0.6 is 0 Å². The third-order valence-electron chi connectivity index (χ3n) is 9.77. The molecule has 0 aromatic rings. The molecule has 0 saturated carbocycles. The summed E-state index contributed by atoms with van der Waals surface area (Å²) in [4.78, 5) is 36.8. The Kier molecular flexibility index (Phi) is 35.8. The van der Waals surface area contributed by atoms with Crippen molar-refractivity contribution in [2.24, 2.45) is 0 Å². The largest absolute Gasteiger partial charge is 0.477 e. The maximum Gasteiger partial charge on any atom is 0.362 e. The van der Waals surface area contributed by atoms with Gasteiger partial charge < -0.3 is 23.8 Å². The van der Waals surface area contributed by atoms with E-state index >= 15 is 0 Å². The van der Waals surface area contributed by atoms with E-state index in [4.69, 9.17) is 14.2 Å². The number of carboxylic acids is 1. The van der Waals surface area contributed by atoms with E-state index in [9.17, 15) is 19.5 Å². The minimum atomic E-state index is -0.882. The molecule has 0 rings (SSSR count). The second-order valence-electron chi connectivity index (χ2n) is 15.9. The van der Waals surface area contributed by atoms with Crippen molar-refractivity contribution in [2.75, 3.05) is 41.0 Å². The van der Waals surface area contributed by atoms with Gasteiger partial charge in [0.25, 0.3) is 0 Å². The summed E-state index contributed by atoms with van der Waals surface area (Å²) in [7, 11) is 5.51. The molecule has 0 aliphatic heterocycles. The van der Waals surface area contributed by atoms with Gasteiger partial charge in [-0.2, -0.15) is 0 Å². The second-order valence-corrected chi connectivity index (χ2v) is 15.9. The second kappa shape index (κ2) is 37.5. The number of quaternary nitrogens is 1. The molecule has 2 atom stereocenters. The zero-order chi connectivity index (χ0) is 40.0. The molecule has 0 spiro atoms. The fourth-order valence-corrected chi connectivity index (χ4v) is 6.36. The highest BCUT2D eigenvalue weighted by molar-refractivity contribution is 5.72. The number of esters is 2. The Morgan fingerprint density at radius 3 is 1.57 bits per heavy atom. The van der Waals surface area contributed by atoms with Gasteiger partial charge in [0.2, 0.25) is 0 Å². The van der Waals surface area contributed by atoms with Crippen LogP contribution in [0.5, 0.6) is 0 Å². The number of hydrogen-bond acceptors (Lipinski definition) is 6. The van der Waals surface area contributed by atoms with Gasteiger partial charge in [-0.25, -0.2) is 4.79 Å². The predicted octanol–water partition coefficient (Wildman–Crippen LogP) is 11.9. The van der Waals surface area contributed by atoms with Crippen LogP contribution in [0.3, 0.4) is 0 Å². The minimum absolute atomic E-state index is 0.0473. The Bertz CT molecular complexity index is 984. The summed E-state index contributed by atoms with van der Waals surface area (Å²) in [6.07, 6.45) is 42.1. The Balaban J connectivity index is 4.21. The van der Waals surface area contributed by atoms with Crippen molar-refractivity contribution >= 4 is 17.9 Å². The molecule has 0 saturated heterocycles. The number of carbonyl (C=O) groups excluding carboxylic acids is 2. The van der Waals surface area contributed by atoms with Crippen molar-refractivity contribution in [1.29, 1.82) is 0 Å². The highest BCUT2D eigenvalue weighted by atomic mass is 16.6. The standard InChI is InChI=1S/C46H83NO7/c1-6-8-10-12-14-16-17-18-19-20-21-22-23-24-25-26-27-29-30-32-34-36-44(48)53-41-42(40-52-39-38-43(46(50)51)47(3,4)5)54-45(49)37-35-33-31-28-15-13-11-9-7-2/h9,11,15,22-23,28,42-43H,6-8,10,12-14,16-21,24-27,29-41H2,1-5H3/p+1/b11-9+,23-22+,28-15+. The first-order chi connectivity index (χ1) is 26.1. The van der Waals surface area contributed by atoms with Gasteiger partial charge in [0.15, 0.2) is 12.1 Å². The van der Waals surface area contributed by atoms with E-state index in [0.29, 0.717) is 19.3 Å². The number of unbranched alkanes of at least 4 members (excludes halogenated alkanes) is 19. The maximum absolute atomic E-state index is 12.6. The van der Waals surface area contributed by atoms with Gasteiger partial charge >= 0.3 is 17.9 Å². The lowest BCUT2D eigenvalue weighted by molar-refractivity contribution is -0.887. The molecule has 1 N–H and O–H groups in total. The molecule has 314 valence electrons. The number of likely N-dealkylation sites (N-methyl/N-ethyl adjacent to an activating group) is 1. The normalized spacial score (nSPS) is 13.3. The van der Waals surface area contributed by atoms with Gasteiger partial charge in [0.05, 0.1) is 34.4 Å². The quantitative estimate of drug-likeness (QED) is 0.0288. The monoisotopic (exact) mass is 763 g/mol. The van der Waals surface area contributed by atoms with E-state index in [1.807, 2.05) is 21.1 Å². The molecule has 0 radical (unpaired) electrons. The molecule has 0 aromatic heterocycles. The number of nitrogens with zero attached hydrogens (tertiary/aromatic N) is 1. The first kappa shape index (κ1) is 51.5. The molecule has 0 aromatic carbocycles. The maximum atomic E-state index is 12.6. The molecule has 54 heavy (non-hydrogen) atoms. The average Bonchev–Trinajstić information content (AvgIpc) is 3.12. The van der Waals surface area contributed by atoms with E-state index in [2.05, 4.69) is 50.3 Å². The van der Waals surface area contributed by atoms with Crippen molar-refractivity contribution in [1.82, 2.24) is 0 Å². The number of aliphatic carboxylic acids is 1. The number of hydrogen-bond donors (Lipinski definition) is 1. The fourth-order valence-electron chi connectivity index (χ4n) is 6.36. The van der Waals surface area contributed by atoms with Crippen molar-refractivity contribution in [3.8, 4) is 0 Å². The molecule has 0 bridgehead atoms. The SMILES string of the molecule is CC/C=C/C/C=C/CCCCC(=O)OC(COCCC(C(=O)O)[N+](C)(C)C)COC(=O)CCCCCCCCC/C=C/CCCCCCCCCCCC. The summed E-state index contributed by atoms with van der Waals surface area (Å²) >= 11 is 0. The smallest absolute Gasteiger partial charge is 0.362 e. The number of carbonyl (C=O) groups is 3. The summed E-state index contributed by atoms with van der Waals surface area (Å²) in [6.45, 7) is 4.57. The van der Waals surface area contributed by atoms with Crippen LogP contribution in [0, 0.1) is 0 Å². The van der Waals surface area contributed by atoms with E-state index in [1.54, 1.807) is 0 Å². The zero-order valence-corrected chi connectivity index (χ0v) is 35.7. The molecule has 0 fully saturated rings. The van der Waals surface area contributed by atoms with Crippen LogP contribution in [0.4, 0.5) is 0 Å². The van der Waals surface area contributed by atoms with Gasteiger partial charge in [0.1, 0.15) is 6.61 Å². The Morgan fingerprint density at radius 2 is 1.04 bits per heavy atom. The third kappa shape index (κ3) is 35.3. The lowest BCUT2D eigenvalue weighted by atomic mass is 10.1. The van der Waals surface area contributed by atoms with Crippen LogP contribution in [-0.4, -0.2) is 80.6 Å². The summed E-state index contributed by atoms with van der Waals surface area (Å²) in [6, 6.07) is -0.619. The summed E-state index contributed by atoms with van der Waals surface area (Å²) in [5, 5.41) is 9.59. The van der Waals surface area contributed by atoms with E-state index in [1.165, 1.54) is 103 Å². The van der Waals surface area contributed by atoms with Gasteiger partial charge in [0, 0.05) is 19.3 Å². The van der Waals surface area contributed by atoms with Crippen molar-refractivity contribution in [2.45, 2.75) is 199 Å². The van der Waals surface area contributed by atoms with Crippen molar-refractivity contribution in [3.05, 3.63) is 36.5 Å². The lowest BCUT2D eigenvalue weighted by Gasteiger charge is -2.31. The molecule has 8 nitrogen and oxygen atoms in total. The molecule has 0 amide bonds. The summed E-state index contributed by atoms with van der Waals surface area (Å²) < 4.78 is 17.2. The van der Waals surface area contributed by atoms with Crippen LogP contribution in [0.1, 0.15) is 187 Å². The van der Waals surface area contributed by atoms with Crippen LogP contribution in [0.2, 0.25) is 0 Å². The first-order valence-electron chi connectivity index (χ1n) is 22.0. The summed E-state index contributed by atoms with van der Waals surface area (Å²) in [5.41, 5.74) is 0. The fraction of sp³-hybridized carbons (Fsp3) is 0.804. The number of carboxylic acid groups (broad SMARTS) is 1. The highest BCUT2D eigenvalue weighted by Gasteiger charge is 2.31. The number of allylic oxidation sites excluding steroid dienone is 6. The van der Waals surface area contributed by atoms with Crippen LogP contribution in [0.15, 0.2) is 36.5 Å². The Labute approximate surface area is 332 Å². The molecule has 0 heterocycles. The molecule has 0 aliphatic rings. The number of ether oxygens (including phenoxy) is 3. The molecule has 0 aliphatic carbocycles. The average molecular weight is 763 g/mol. The summed E-state index contributed by atoms with van der Waals surface area (Å²) in [5.74, 6) is -1.52. The highest BCUT2D eigenvalue weighted by Crippen LogP contribution is 2.14. The molecule has 2 unspecified atom stereocenters. The van der Waals surface area contributed by atoms with Gasteiger partial charge in [-0.15, -0.1) is 0 Å². The van der Waals surface area contributed by atoms with Gasteiger partial charge in [-0.3, -0.25) is 9.59 Å². The van der Waals surface area contributed by atoms with Crippen molar-refractivity contribution < 1.29 is 38.2 Å². The van der Waals surface area contributed by atoms with Crippen LogP contribution in [0.25, 0.3) is 0 Å². The van der Waals surface area contributed by atoms with Gasteiger partial charge in [-0.05, 0) is 64.2 Å². The Hall–Kier alpha value is -2.45. The van der Waals surface area contributed by atoms with E-state index in [0.717, 1.165) is 44.9 Å². The zero-order valence-electron chi connectivity index (χ0n) is 35.7. The molecule has 8 heteroatoms. The van der Waals surface area contributed by atoms with Gasteiger partial charge in [-0.1, -0.05) is 140 Å². The molecular weight excluding hydrogens is 679 g/mol. The van der Waals surface area contributed by atoms with Crippen LogP contribution < -0.4 is 0 Å².